The molecule has 3 nitrogen and oxygen atoms in total. The van der Waals surface area contributed by atoms with Gasteiger partial charge in [-0.15, -0.1) is 0 Å². The van der Waals surface area contributed by atoms with E-state index in [9.17, 15) is 4.79 Å². The first-order valence-corrected chi connectivity index (χ1v) is 5.42. The minimum absolute atomic E-state index is 0.152. The highest BCUT2D eigenvalue weighted by atomic mass is 32.2. The number of carbonyl (C=O) groups excluding carboxylic acids is 1. The van der Waals surface area contributed by atoms with Gasteiger partial charge in [-0.3, -0.25) is 4.79 Å². The van der Waals surface area contributed by atoms with E-state index in [0.29, 0.717) is 12.6 Å². The van der Waals surface area contributed by atoms with Crippen LogP contribution in [-0.4, -0.2) is 49.5 Å². The third kappa shape index (κ3) is 3.97. The van der Waals surface area contributed by atoms with Crippen LogP contribution in [0.2, 0.25) is 0 Å². The average molecular weight is 190 g/mol. The third-order valence-electron chi connectivity index (χ3n) is 1.79. The summed E-state index contributed by atoms with van der Waals surface area (Å²) in [6.07, 6.45) is 2.05. The van der Waals surface area contributed by atoms with Crippen molar-refractivity contribution in [3.8, 4) is 0 Å². The Bertz CT molecular complexity index is 141. The largest absolute Gasteiger partial charge is 0.341 e. The highest BCUT2D eigenvalue weighted by Crippen LogP contribution is 2.03. The molecule has 0 spiro atoms. The second-order valence-electron chi connectivity index (χ2n) is 2.84. The van der Waals surface area contributed by atoms with Crippen LogP contribution in [-0.2, 0) is 4.79 Å². The Morgan fingerprint density at radius 1 is 1.67 bits per heavy atom. The van der Waals surface area contributed by atoms with Gasteiger partial charge in [0.15, 0.2) is 0 Å². The molecule has 0 rings (SSSR count). The van der Waals surface area contributed by atoms with Crippen molar-refractivity contribution in [2.75, 3.05) is 32.6 Å². The van der Waals surface area contributed by atoms with Gasteiger partial charge in [-0.25, -0.2) is 0 Å². The van der Waals surface area contributed by atoms with E-state index in [1.807, 2.05) is 13.3 Å². The Kier molecular flexibility index (Phi) is 6.20. The van der Waals surface area contributed by atoms with Crippen LogP contribution in [0.25, 0.3) is 0 Å². The number of likely N-dealkylation sites (N-methyl/N-ethyl adjacent to an activating group) is 2. The highest BCUT2D eigenvalue weighted by Gasteiger charge is 2.13. The summed E-state index contributed by atoms with van der Waals surface area (Å²) in [4.78, 5) is 13.1. The van der Waals surface area contributed by atoms with Gasteiger partial charge in [0.2, 0.25) is 5.91 Å². The molecule has 0 radical (unpaired) electrons. The van der Waals surface area contributed by atoms with Gasteiger partial charge in [0.05, 0.1) is 6.54 Å². The molecule has 0 saturated carbocycles. The van der Waals surface area contributed by atoms with Gasteiger partial charge in [0.1, 0.15) is 0 Å². The van der Waals surface area contributed by atoms with Crippen molar-refractivity contribution in [2.24, 2.45) is 0 Å². The third-order valence-corrected chi connectivity index (χ3v) is 2.61. The Labute approximate surface area is 78.9 Å². The molecule has 0 heterocycles. The van der Waals surface area contributed by atoms with E-state index in [4.69, 9.17) is 0 Å². The fourth-order valence-corrected chi connectivity index (χ4v) is 1.58. The van der Waals surface area contributed by atoms with Gasteiger partial charge >= 0.3 is 0 Å². The lowest BCUT2D eigenvalue weighted by molar-refractivity contribution is -0.130. The van der Waals surface area contributed by atoms with Crippen molar-refractivity contribution in [3.63, 3.8) is 0 Å². The molecule has 1 atom stereocenters. The summed E-state index contributed by atoms with van der Waals surface area (Å²) >= 11 is 1.76. The molecule has 1 amide bonds. The van der Waals surface area contributed by atoms with Crippen LogP contribution < -0.4 is 5.32 Å². The molecule has 0 aliphatic rings. The number of hydrogen-bond donors (Lipinski definition) is 1. The number of amides is 1. The van der Waals surface area contributed by atoms with Crippen molar-refractivity contribution in [3.05, 3.63) is 0 Å². The van der Waals surface area contributed by atoms with E-state index in [1.165, 1.54) is 0 Å². The Morgan fingerprint density at radius 2 is 2.25 bits per heavy atom. The summed E-state index contributed by atoms with van der Waals surface area (Å²) in [6.45, 7) is 2.49. The number of hydrogen-bond acceptors (Lipinski definition) is 3. The Morgan fingerprint density at radius 3 is 2.67 bits per heavy atom. The number of rotatable bonds is 5. The van der Waals surface area contributed by atoms with Crippen molar-refractivity contribution in [1.82, 2.24) is 10.2 Å². The van der Waals surface area contributed by atoms with E-state index in [2.05, 4.69) is 12.2 Å². The number of thioether (sulfide) groups is 1. The van der Waals surface area contributed by atoms with Crippen molar-refractivity contribution in [1.29, 1.82) is 0 Å². The predicted octanol–water partition coefficient (Wildman–Crippen LogP) is 0.416. The molecule has 1 N–H and O–H groups in total. The molecule has 0 aliphatic heterocycles. The first kappa shape index (κ1) is 11.8. The van der Waals surface area contributed by atoms with E-state index in [-0.39, 0.29) is 5.91 Å². The Hall–Kier alpha value is -0.220. The zero-order valence-corrected chi connectivity index (χ0v) is 9.07. The molecule has 0 fully saturated rings. The monoisotopic (exact) mass is 190 g/mol. The van der Waals surface area contributed by atoms with Gasteiger partial charge in [-0.1, -0.05) is 0 Å². The van der Waals surface area contributed by atoms with E-state index in [1.54, 1.807) is 23.7 Å². The first-order chi connectivity index (χ1) is 5.63. The van der Waals surface area contributed by atoms with Crippen LogP contribution in [0.1, 0.15) is 6.92 Å². The topological polar surface area (TPSA) is 32.3 Å². The molecule has 0 aliphatic carbocycles. The SMILES string of the molecule is CNCC(=O)N(C)C(C)CSC. The molecule has 1 unspecified atom stereocenters. The summed E-state index contributed by atoms with van der Waals surface area (Å²) in [7, 11) is 3.63. The first-order valence-electron chi connectivity index (χ1n) is 4.02. The van der Waals surface area contributed by atoms with Crippen molar-refractivity contribution < 1.29 is 4.79 Å². The quantitative estimate of drug-likeness (QED) is 0.682. The molecule has 0 aromatic heterocycles. The maximum Gasteiger partial charge on any atom is 0.236 e. The molecule has 4 heteroatoms. The maximum absolute atomic E-state index is 11.3. The Balaban J connectivity index is 3.82. The summed E-state index contributed by atoms with van der Waals surface area (Å²) in [5.41, 5.74) is 0. The van der Waals surface area contributed by atoms with Crippen molar-refractivity contribution in [2.45, 2.75) is 13.0 Å². The molecule has 0 aromatic rings. The zero-order chi connectivity index (χ0) is 9.56. The van der Waals surface area contributed by atoms with Crippen LogP contribution in [0.3, 0.4) is 0 Å². The van der Waals surface area contributed by atoms with Crippen LogP contribution in [0, 0.1) is 0 Å². The molecule has 0 aromatic carbocycles. The summed E-state index contributed by atoms with van der Waals surface area (Å²) in [6, 6.07) is 0.320. The minimum atomic E-state index is 0.152. The van der Waals surface area contributed by atoms with Crippen molar-refractivity contribution >= 4 is 17.7 Å². The summed E-state index contributed by atoms with van der Waals surface area (Å²) in [5, 5.41) is 2.85. The fraction of sp³-hybridized carbons (Fsp3) is 0.875. The predicted molar refractivity (Wildman–Crippen MR) is 54.5 cm³/mol. The summed E-state index contributed by atoms with van der Waals surface area (Å²) in [5.74, 6) is 1.14. The van der Waals surface area contributed by atoms with Gasteiger partial charge in [-0.05, 0) is 20.2 Å². The van der Waals surface area contributed by atoms with Crippen LogP contribution in [0.4, 0.5) is 0 Å². The lowest BCUT2D eigenvalue weighted by atomic mass is 10.3. The molecule has 12 heavy (non-hydrogen) atoms. The smallest absolute Gasteiger partial charge is 0.236 e. The van der Waals surface area contributed by atoms with E-state index >= 15 is 0 Å². The minimum Gasteiger partial charge on any atom is -0.341 e. The average Bonchev–Trinajstić information content (AvgIpc) is 2.04. The van der Waals surface area contributed by atoms with Gasteiger partial charge in [0.25, 0.3) is 0 Å². The standard InChI is InChI=1S/C8H18N2OS/c1-7(6-12-4)10(3)8(11)5-9-2/h7,9H,5-6H2,1-4H3. The van der Waals surface area contributed by atoms with Gasteiger partial charge in [0, 0.05) is 18.8 Å². The van der Waals surface area contributed by atoms with E-state index < -0.39 is 0 Å². The highest BCUT2D eigenvalue weighted by molar-refractivity contribution is 7.98. The lowest BCUT2D eigenvalue weighted by Crippen LogP contribution is -2.41. The van der Waals surface area contributed by atoms with Crippen LogP contribution in [0.5, 0.6) is 0 Å². The fourth-order valence-electron chi connectivity index (χ4n) is 0.875. The number of nitrogens with zero attached hydrogens (tertiary/aromatic N) is 1. The molecule has 72 valence electrons. The van der Waals surface area contributed by atoms with Gasteiger partial charge in [-0.2, -0.15) is 11.8 Å². The number of nitrogens with one attached hydrogen (secondary N) is 1. The molecule has 0 bridgehead atoms. The number of carbonyl (C=O) groups is 1. The zero-order valence-electron chi connectivity index (χ0n) is 8.26. The van der Waals surface area contributed by atoms with E-state index in [0.717, 1.165) is 5.75 Å². The second kappa shape index (κ2) is 6.31. The van der Waals surface area contributed by atoms with Gasteiger partial charge < -0.3 is 10.2 Å². The normalized spacial score (nSPS) is 12.7. The summed E-state index contributed by atoms with van der Waals surface area (Å²) < 4.78 is 0. The van der Waals surface area contributed by atoms with Crippen LogP contribution >= 0.6 is 11.8 Å². The molecule has 0 saturated heterocycles. The lowest BCUT2D eigenvalue weighted by Gasteiger charge is -2.24. The maximum atomic E-state index is 11.3. The molecular weight excluding hydrogens is 172 g/mol. The van der Waals surface area contributed by atoms with Crippen LogP contribution in [0.15, 0.2) is 0 Å². The molecular formula is C8H18N2OS. The second-order valence-corrected chi connectivity index (χ2v) is 3.75.